The van der Waals surface area contributed by atoms with E-state index in [1.807, 2.05) is 0 Å². The van der Waals surface area contributed by atoms with E-state index in [1.54, 1.807) is 0 Å². The minimum Gasteiger partial charge on any atom is -0.313 e. The summed E-state index contributed by atoms with van der Waals surface area (Å²) < 4.78 is 0. The van der Waals surface area contributed by atoms with Crippen molar-refractivity contribution in [2.24, 2.45) is 0 Å². The third-order valence-corrected chi connectivity index (χ3v) is 1.87. The van der Waals surface area contributed by atoms with Gasteiger partial charge in [0.15, 0.2) is 0 Å². The van der Waals surface area contributed by atoms with E-state index in [2.05, 4.69) is 23.2 Å². The minimum atomic E-state index is 0.756. The predicted octanol–water partition coefficient (Wildman–Crippen LogP) is 0.303. The Labute approximate surface area is 69.0 Å². The van der Waals surface area contributed by atoms with Gasteiger partial charge in [0, 0.05) is 19.1 Å². The zero-order chi connectivity index (χ0) is 8.10. The van der Waals surface area contributed by atoms with Gasteiger partial charge in [-0.3, -0.25) is 4.90 Å². The third-order valence-electron chi connectivity index (χ3n) is 1.87. The Morgan fingerprint density at radius 1 is 1.64 bits per heavy atom. The zero-order valence-corrected chi connectivity index (χ0v) is 7.14. The molecule has 0 atom stereocenters. The molecule has 0 aromatic heterocycles. The third kappa shape index (κ3) is 4.02. The molecule has 1 N–H and O–H groups in total. The maximum atomic E-state index is 5.16. The molecule has 0 aliphatic heterocycles. The summed E-state index contributed by atoms with van der Waals surface area (Å²) in [4.78, 5) is 2.15. The monoisotopic (exact) mass is 152 g/mol. The smallest absolute Gasteiger partial charge is 0.0596 e. The molecule has 0 unspecified atom stereocenters. The van der Waals surface area contributed by atoms with Crippen LogP contribution in [0.3, 0.4) is 0 Å². The van der Waals surface area contributed by atoms with Crippen molar-refractivity contribution in [2.45, 2.75) is 18.9 Å². The van der Waals surface area contributed by atoms with Crippen molar-refractivity contribution in [3.8, 4) is 12.3 Å². The molecule has 1 aliphatic rings. The van der Waals surface area contributed by atoms with E-state index in [0.29, 0.717) is 0 Å². The van der Waals surface area contributed by atoms with Crippen LogP contribution in [-0.4, -0.2) is 37.6 Å². The molecule has 62 valence electrons. The number of likely N-dealkylation sites (N-methyl/N-ethyl adjacent to an activating group) is 1. The van der Waals surface area contributed by atoms with Gasteiger partial charge in [-0.2, -0.15) is 0 Å². The van der Waals surface area contributed by atoms with Gasteiger partial charge in [0.25, 0.3) is 0 Å². The van der Waals surface area contributed by atoms with E-state index in [1.165, 1.54) is 12.8 Å². The quantitative estimate of drug-likeness (QED) is 0.570. The number of rotatable bonds is 5. The Kier molecular flexibility index (Phi) is 3.41. The van der Waals surface area contributed by atoms with Gasteiger partial charge in [-0.05, 0) is 19.9 Å². The summed E-state index contributed by atoms with van der Waals surface area (Å²) in [6.45, 7) is 2.88. The summed E-state index contributed by atoms with van der Waals surface area (Å²) in [5.74, 6) is 2.62. The summed E-state index contributed by atoms with van der Waals surface area (Å²) in [5.41, 5.74) is 0. The molecule has 11 heavy (non-hydrogen) atoms. The molecular formula is C9H16N2. The van der Waals surface area contributed by atoms with Gasteiger partial charge in [0.2, 0.25) is 0 Å². The van der Waals surface area contributed by atoms with E-state index in [0.717, 1.165) is 25.7 Å². The number of hydrogen-bond donors (Lipinski definition) is 1. The fourth-order valence-electron chi connectivity index (χ4n) is 0.982. The number of nitrogens with zero attached hydrogens (tertiary/aromatic N) is 1. The molecular weight excluding hydrogens is 136 g/mol. The first-order valence-electron chi connectivity index (χ1n) is 4.18. The second-order valence-electron chi connectivity index (χ2n) is 3.17. The molecule has 1 fully saturated rings. The molecule has 0 radical (unpaired) electrons. The van der Waals surface area contributed by atoms with Crippen LogP contribution in [0.4, 0.5) is 0 Å². The van der Waals surface area contributed by atoms with Crippen LogP contribution in [0.2, 0.25) is 0 Å². The van der Waals surface area contributed by atoms with Gasteiger partial charge in [-0.25, -0.2) is 0 Å². The van der Waals surface area contributed by atoms with E-state index in [9.17, 15) is 0 Å². The van der Waals surface area contributed by atoms with Gasteiger partial charge in [-0.15, -0.1) is 6.42 Å². The highest BCUT2D eigenvalue weighted by atomic mass is 15.1. The van der Waals surface area contributed by atoms with Crippen molar-refractivity contribution in [2.75, 3.05) is 26.7 Å². The van der Waals surface area contributed by atoms with Gasteiger partial charge in [0.05, 0.1) is 6.54 Å². The van der Waals surface area contributed by atoms with Crippen LogP contribution in [-0.2, 0) is 0 Å². The molecule has 0 saturated heterocycles. The Morgan fingerprint density at radius 3 is 2.91 bits per heavy atom. The Morgan fingerprint density at radius 2 is 2.36 bits per heavy atom. The first-order chi connectivity index (χ1) is 5.33. The summed E-state index contributed by atoms with van der Waals surface area (Å²) >= 11 is 0. The predicted molar refractivity (Wildman–Crippen MR) is 47.4 cm³/mol. The highest BCUT2D eigenvalue weighted by Crippen LogP contribution is 2.17. The van der Waals surface area contributed by atoms with Crippen molar-refractivity contribution >= 4 is 0 Å². The molecule has 1 saturated carbocycles. The lowest BCUT2D eigenvalue weighted by Crippen LogP contribution is -2.30. The van der Waals surface area contributed by atoms with E-state index >= 15 is 0 Å². The fourth-order valence-corrected chi connectivity index (χ4v) is 0.982. The van der Waals surface area contributed by atoms with Crippen LogP contribution in [0, 0.1) is 12.3 Å². The highest BCUT2D eigenvalue weighted by molar-refractivity contribution is 4.87. The summed E-state index contributed by atoms with van der Waals surface area (Å²) in [7, 11) is 2.05. The molecule has 0 bridgehead atoms. The molecule has 0 spiro atoms. The van der Waals surface area contributed by atoms with Crippen molar-refractivity contribution in [3.05, 3.63) is 0 Å². The Balaban J connectivity index is 1.88. The largest absolute Gasteiger partial charge is 0.313 e. The van der Waals surface area contributed by atoms with E-state index in [-0.39, 0.29) is 0 Å². The summed E-state index contributed by atoms with van der Waals surface area (Å²) in [5, 5.41) is 3.44. The van der Waals surface area contributed by atoms with Crippen LogP contribution in [0.25, 0.3) is 0 Å². The Bertz CT molecular complexity index is 144. The average Bonchev–Trinajstić information content (AvgIpc) is 2.72. The number of nitrogens with one attached hydrogen (secondary N) is 1. The Hall–Kier alpha value is -0.520. The normalized spacial score (nSPS) is 16.8. The van der Waals surface area contributed by atoms with Crippen molar-refractivity contribution in [1.29, 1.82) is 0 Å². The van der Waals surface area contributed by atoms with E-state index in [4.69, 9.17) is 6.42 Å². The van der Waals surface area contributed by atoms with Gasteiger partial charge >= 0.3 is 0 Å². The second kappa shape index (κ2) is 4.38. The first-order valence-corrected chi connectivity index (χ1v) is 4.18. The topological polar surface area (TPSA) is 15.3 Å². The minimum absolute atomic E-state index is 0.756. The molecule has 0 amide bonds. The molecule has 0 heterocycles. The maximum absolute atomic E-state index is 5.16. The molecule has 2 nitrogen and oxygen atoms in total. The van der Waals surface area contributed by atoms with E-state index < -0.39 is 0 Å². The molecule has 2 heteroatoms. The maximum Gasteiger partial charge on any atom is 0.0596 e. The summed E-state index contributed by atoms with van der Waals surface area (Å²) in [6.07, 6.45) is 7.88. The lowest BCUT2D eigenvalue weighted by atomic mass is 10.5. The lowest BCUT2D eigenvalue weighted by Gasteiger charge is -2.12. The van der Waals surface area contributed by atoms with Crippen molar-refractivity contribution in [1.82, 2.24) is 10.2 Å². The second-order valence-corrected chi connectivity index (χ2v) is 3.17. The van der Waals surface area contributed by atoms with Crippen LogP contribution in [0.1, 0.15) is 12.8 Å². The highest BCUT2D eigenvalue weighted by Gasteiger charge is 2.19. The van der Waals surface area contributed by atoms with Crippen LogP contribution in [0.5, 0.6) is 0 Å². The zero-order valence-electron chi connectivity index (χ0n) is 7.14. The van der Waals surface area contributed by atoms with Crippen molar-refractivity contribution < 1.29 is 0 Å². The fraction of sp³-hybridized carbons (Fsp3) is 0.778. The standard InChI is InChI=1S/C9H16N2/c1-3-7-11(2)8-6-10-9-4-5-9/h1,9-10H,4-8H2,2H3. The van der Waals surface area contributed by atoms with Gasteiger partial charge in [-0.1, -0.05) is 5.92 Å². The SMILES string of the molecule is C#CCN(C)CCNC1CC1. The molecule has 0 aromatic rings. The summed E-state index contributed by atoms with van der Waals surface area (Å²) in [6, 6.07) is 0.814. The molecule has 1 rings (SSSR count). The first kappa shape index (κ1) is 8.58. The van der Waals surface area contributed by atoms with Crippen LogP contribution in [0.15, 0.2) is 0 Å². The number of terminal acetylenes is 1. The molecule has 1 aliphatic carbocycles. The lowest BCUT2D eigenvalue weighted by molar-refractivity contribution is 0.370. The van der Waals surface area contributed by atoms with Gasteiger partial charge in [0.1, 0.15) is 0 Å². The van der Waals surface area contributed by atoms with Gasteiger partial charge < -0.3 is 5.32 Å². The van der Waals surface area contributed by atoms with Crippen LogP contribution >= 0.6 is 0 Å². The van der Waals surface area contributed by atoms with Crippen molar-refractivity contribution in [3.63, 3.8) is 0 Å². The van der Waals surface area contributed by atoms with Crippen LogP contribution < -0.4 is 5.32 Å². The number of hydrogen-bond acceptors (Lipinski definition) is 2. The average molecular weight is 152 g/mol. The molecule has 0 aromatic carbocycles.